The molecule has 2 bridgehead atoms. The van der Waals surface area contributed by atoms with Crippen molar-refractivity contribution in [1.29, 1.82) is 0 Å². The van der Waals surface area contributed by atoms with Crippen LogP contribution in [0.15, 0.2) is 40.8 Å². The Labute approximate surface area is 165 Å². The van der Waals surface area contributed by atoms with E-state index in [1.807, 2.05) is 18.0 Å². The van der Waals surface area contributed by atoms with E-state index >= 15 is 0 Å². The monoisotopic (exact) mass is 392 g/mol. The van der Waals surface area contributed by atoms with Gasteiger partial charge in [-0.15, -0.1) is 12.4 Å². The molecule has 2 aromatic rings. The number of hydrogen-bond acceptors (Lipinski definition) is 3. The van der Waals surface area contributed by atoms with E-state index in [0.717, 1.165) is 18.6 Å². The number of piperidine rings is 1. The summed E-state index contributed by atoms with van der Waals surface area (Å²) < 4.78 is 19.6. The summed E-state index contributed by atoms with van der Waals surface area (Å²) in [6.45, 7) is 0. The van der Waals surface area contributed by atoms with Crippen molar-refractivity contribution >= 4 is 18.3 Å². The van der Waals surface area contributed by atoms with Gasteiger partial charge in [0, 0.05) is 38.0 Å². The minimum absolute atomic E-state index is 0. The number of nitrogens with zero attached hydrogens (tertiary/aromatic N) is 1. The highest BCUT2D eigenvalue weighted by atomic mass is 35.5. The van der Waals surface area contributed by atoms with Crippen molar-refractivity contribution in [2.45, 2.75) is 56.7 Å². The van der Waals surface area contributed by atoms with Crippen LogP contribution in [-0.4, -0.2) is 36.0 Å². The molecule has 1 aromatic heterocycles. The third kappa shape index (κ3) is 4.36. The number of hydrogen-bond donors (Lipinski definition) is 1. The molecule has 27 heavy (non-hydrogen) atoms. The van der Waals surface area contributed by atoms with Gasteiger partial charge in [0.05, 0.1) is 5.56 Å². The Balaban J connectivity index is 0.00000210. The molecule has 2 fully saturated rings. The number of aryl methyl sites for hydroxylation is 1. The van der Waals surface area contributed by atoms with Gasteiger partial charge in [0.1, 0.15) is 17.3 Å². The van der Waals surface area contributed by atoms with Crippen LogP contribution in [0.3, 0.4) is 0 Å². The highest BCUT2D eigenvalue weighted by Crippen LogP contribution is 2.30. The second-order valence-electron chi connectivity index (χ2n) is 7.51. The van der Waals surface area contributed by atoms with Gasteiger partial charge in [0.2, 0.25) is 5.91 Å². The SMILES string of the molecule is CN(C(=O)CCc1ccc(-c2ccccc2F)o1)C1CC2CCC(C1)N2.Cl. The Morgan fingerprint density at radius 3 is 2.59 bits per heavy atom. The van der Waals surface area contributed by atoms with Crippen molar-refractivity contribution in [2.24, 2.45) is 0 Å². The molecule has 1 N–H and O–H groups in total. The molecule has 2 aliphatic heterocycles. The van der Waals surface area contributed by atoms with Gasteiger partial charge in [0.15, 0.2) is 0 Å². The van der Waals surface area contributed by atoms with E-state index in [0.29, 0.717) is 42.3 Å². The lowest BCUT2D eigenvalue weighted by Gasteiger charge is -2.35. The van der Waals surface area contributed by atoms with Crippen LogP contribution in [0.2, 0.25) is 0 Å². The lowest BCUT2D eigenvalue weighted by molar-refractivity contribution is -0.132. The molecule has 2 atom stereocenters. The van der Waals surface area contributed by atoms with Crippen molar-refractivity contribution in [3.8, 4) is 11.3 Å². The molecule has 0 aliphatic carbocycles. The van der Waals surface area contributed by atoms with Crippen LogP contribution in [0.4, 0.5) is 4.39 Å². The predicted molar refractivity (Wildman–Crippen MR) is 105 cm³/mol. The summed E-state index contributed by atoms with van der Waals surface area (Å²) in [4.78, 5) is 14.5. The van der Waals surface area contributed by atoms with Crippen LogP contribution in [0, 0.1) is 5.82 Å². The molecule has 0 saturated carbocycles. The number of rotatable bonds is 5. The minimum atomic E-state index is -0.301. The fraction of sp³-hybridized carbons (Fsp3) is 0.476. The summed E-state index contributed by atoms with van der Waals surface area (Å²) in [6.07, 6.45) is 5.52. The maximum absolute atomic E-state index is 13.9. The standard InChI is InChI=1S/C21H25FN2O2.ClH/c1-24(16-12-14-6-7-15(13-16)23-14)21(25)11-9-17-8-10-20(26-17)18-4-2-3-5-19(18)22;/h2-5,8,10,14-16,23H,6-7,9,11-13H2,1H3;1H. The zero-order valence-corrected chi connectivity index (χ0v) is 16.3. The number of carbonyl (C=O) groups excluding carboxylic acids is 1. The zero-order valence-electron chi connectivity index (χ0n) is 15.5. The van der Waals surface area contributed by atoms with Crippen molar-refractivity contribution < 1.29 is 13.6 Å². The quantitative estimate of drug-likeness (QED) is 0.830. The fourth-order valence-corrected chi connectivity index (χ4v) is 4.27. The number of amides is 1. The van der Waals surface area contributed by atoms with E-state index in [9.17, 15) is 9.18 Å². The number of fused-ring (bicyclic) bond motifs is 2. The first-order valence-corrected chi connectivity index (χ1v) is 9.45. The molecule has 3 heterocycles. The Kier molecular flexibility index (Phi) is 6.22. The smallest absolute Gasteiger partial charge is 0.223 e. The number of halogens is 2. The van der Waals surface area contributed by atoms with E-state index < -0.39 is 0 Å². The lowest BCUT2D eigenvalue weighted by Crippen LogP contribution is -2.48. The van der Waals surface area contributed by atoms with Crippen LogP contribution >= 0.6 is 12.4 Å². The first kappa shape index (κ1) is 19.9. The molecule has 6 heteroatoms. The van der Waals surface area contributed by atoms with Gasteiger partial charge < -0.3 is 14.6 Å². The largest absolute Gasteiger partial charge is 0.461 e. The number of furan rings is 1. The molecule has 2 saturated heterocycles. The summed E-state index contributed by atoms with van der Waals surface area (Å²) in [5.41, 5.74) is 0.451. The van der Waals surface area contributed by atoms with E-state index in [-0.39, 0.29) is 24.1 Å². The Morgan fingerprint density at radius 2 is 1.89 bits per heavy atom. The van der Waals surface area contributed by atoms with Gasteiger partial charge in [-0.3, -0.25) is 4.79 Å². The van der Waals surface area contributed by atoms with Crippen molar-refractivity contribution in [2.75, 3.05) is 7.05 Å². The first-order valence-electron chi connectivity index (χ1n) is 9.45. The Bertz CT molecular complexity index is 782. The highest BCUT2D eigenvalue weighted by molar-refractivity contribution is 5.85. The molecule has 1 aromatic carbocycles. The van der Waals surface area contributed by atoms with Crippen LogP contribution in [-0.2, 0) is 11.2 Å². The molecule has 4 rings (SSSR count). The normalized spacial score (nSPS) is 23.7. The van der Waals surface area contributed by atoms with Gasteiger partial charge in [-0.25, -0.2) is 4.39 Å². The Hall–Kier alpha value is -1.85. The third-order valence-corrected chi connectivity index (χ3v) is 5.78. The minimum Gasteiger partial charge on any atom is -0.461 e. The second-order valence-corrected chi connectivity index (χ2v) is 7.51. The van der Waals surface area contributed by atoms with E-state index in [4.69, 9.17) is 4.42 Å². The summed E-state index contributed by atoms with van der Waals surface area (Å²) in [6, 6.07) is 11.6. The van der Waals surface area contributed by atoms with Crippen molar-refractivity contribution in [3.63, 3.8) is 0 Å². The predicted octanol–water partition coefficient (Wildman–Crippen LogP) is 4.18. The molecular weight excluding hydrogens is 367 g/mol. The second kappa shape index (κ2) is 8.44. The topological polar surface area (TPSA) is 45.5 Å². The number of benzene rings is 1. The molecule has 1 amide bonds. The molecule has 4 nitrogen and oxygen atoms in total. The molecule has 0 radical (unpaired) electrons. The van der Waals surface area contributed by atoms with Crippen LogP contribution < -0.4 is 5.32 Å². The van der Waals surface area contributed by atoms with Crippen molar-refractivity contribution in [3.05, 3.63) is 48.0 Å². The van der Waals surface area contributed by atoms with Gasteiger partial charge >= 0.3 is 0 Å². The fourth-order valence-electron chi connectivity index (χ4n) is 4.27. The lowest BCUT2D eigenvalue weighted by atomic mass is 9.98. The summed E-state index contributed by atoms with van der Waals surface area (Å²) in [5, 5.41) is 3.61. The van der Waals surface area contributed by atoms with Gasteiger partial charge in [0.25, 0.3) is 0 Å². The maximum Gasteiger partial charge on any atom is 0.223 e. The van der Waals surface area contributed by atoms with Crippen molar-refractivity contribution in [1.82, 2.24) is 10.2 Å². The van der Waals surface area contributed by atoms with E-state index in [2.05, 4.69) is 5.32 Å². The van der Waals surface area contributed by atoms with E-state index in [1.54, 1.807) is 24.3 Å². The van der Waals surface area contributed by atoms with Crippen LogP contribution in [0.5, 0.6) is 0 Å². The Morgan fingerprint density at radius 1 is 1.19 bits per heavy atom. The summed E-state index contributed by atoms with van der Waals surface area (Å²) in [5.74, 6) is 1.08. The van der Waals surface area contributed by atoms with E-state index in [1.165, 1.54) is 18.9 Å². The van der Waals surface area contributed by atoms with Crippen LogP contribution in [0.25, 0.3) is 11.3 Å². The molecule has 2 unspecified atom stereocenters. The molecule has 0 spiro atoms. The number of nitrogens with one attached hydrogen (secondary N) is 1. The van der Waals surface area contributed by atoms with Gasteiger partial charge in [-0.2, -0.15) is 0 Å². The van der Waals surface area contributed by atoms with Crippen LogP contribution in [0.1, 0.15) is 37.9 Å². The average Bonchev–Trinajstić information content (AvgIpc) is 3.25. The molecular formula is C21H26ClFN2O2. The maximum atomic E-state index is 13.9. The van der Waals surface area contributed by atoms with Gasteiger partial charge in [-0.05, 0) is 49.9 Å². The van der Waals surface area contributed by atoms with Gasteiger partial charge in [-0.1, -0.05) is 12.1 Å². The first-order chi connectivity index (χ1) is 12.6. The zero-order chi connectivity index (χ0) is 18.1. The summed E-state index contributed by atoms with van der Waals surface area (Å²) >= 11 is 0. The average molecular weight is 393 g/mol. The highest BCUT2D eigenvalue weighted by Gasteiger charge is 2.36. The molecule has 2 aliphatic rings. The summed E-state index contributed by atoms with van der Waals surface area (Å²) in [7, 11) is 1.92. The molecule has 146 valence electrons. The number of carbonyl (C=O) groups is 1. The third-order valence-electron chi connectivity index (χ3n) is 5.78.